The summed E-state index contributed by atoms with van der Waals surface area (Å²) in [5, 5.41) is 3.15. The molecule has 2 amide bonds. The average molecular weight is 560 g/mol. The zero-order chi connectivity index (χ0) is 29.0. The summed E-state index contributed by atoms with van der Waals surface area (Å²) in [6.45, 7) is 9.21. The molecule has 2 aromatic carbocycles. The fraction of sp³-hybridized carbons (Fsp3) is 0.548. The molecule has 1 aliphatic heterocycles. The number of anilines is 1. The first-order valence-electron chi connectivity index (χ1n) is 14.4. The minimum atomic E-state index is -4.52. The van der Waals surface area contributed by atoms with Crippen LogP contribution in [0, 0.1) is 5.92 Å². The van der Waals surface area contributed by atoms with Crippen LogP contribution in [0.3, 0.4) is 0 Å². The normalized spacial score (nSPS) is 20.1. The van der Waals surface area contributed by atoms with Gasteiger partial charge in [0, 0.05) is 43.0 Å². The van der Waals surface area contributed by atoms with Crippen molar-refractivity contribution >= 4 is 17.5 Å². The molecule has 40 heavy (non-hydrogen) atoms. The monoisotopic (exact) mass is 559 g/mol. The van der Waals surface area contributed by atoms with Crippen molar-refractivity contribution in [2.45, 2.75) is 90.7 Å². The second-order valence-electron chi connectivity index (χ2n) is 11.1. The number of hydrogen-bond donors (Lipinski definition) is 1. The predicted octanol–water partition coefficient (Wildman–Crippen LogP) is 6.49. The van der Waals surface area contributed by atoms with Gasteiger partial charge < -0.3 is 19.9 Å². The molecule has 1 N–H and O–H groups in total. The molecule has 0 saturated heterocycles. The van der Waals surface area contributed by atoms with Crippen LogP contribution in [0.4, 0.5) is 18.9 Å². The fourth-order valence-corrected chi connectivity index (χ4v) is 5.73. The molecule has 1 saturated carbocycles. The Morgan fingerprint density at radius 3 is 2.40 bits per heavy atom. The van der Waals surface area contributed by atoms with Crippen LogP contribution < -0.4 is 15.0 Å². The Balaban J connectivity index is 1.81. The Bertz CT molecular complexity index is 1190. The van der Waals surface area contributed by atoms with Crippen molar-refractivity contribution in [3.8, 4) is 5.75 Å². The lowest BCUT2D eigenvalue weighted by molar-refractivity contribution is -0.147. The van der Waals surface area contributed by atoms with Gasteiger partial charge in [0.1, 0.15) is 11.8 Å². The quantitative estimate of drug-likeness (QED) is 0.402. The summed E-state index contributed by atoms with van der Waals surface area (Å²) in [7, 11) is 0. The van der Waals surface area contributed by atoms with Crippen LogP contribution in [-0.2, 0) is 22.3 Å². The number of halogens is 3. The summed E-state index contributed by atoms with van der Waals surface area (Å²) in [6, 6.07) is 9.50. The van der Waals surface area contributed by atoms with Gasteiger partial charge in [0.15, 0.2) is 6.10 Å². The molecule has 2 aromatic rings. The van der Waals surface area contributed by atoms with E-state index in [0.29, 0.717) is 16.9 Å². The number of fused-ring (bicyclic) bond motifs is 1. The maximum Gasteiger partial charge on any atom is 0.416 e. The molecule has 2 unspecified atom stereocenters. The Morgan fingerprint density at radius 1 is 1.07 bits per heavy atom. The summed E-state index contributed by atoms with van der Waals surface area (Å²) < 4.78 is 46.9. The molecule has 2 aliphatic rings. The van der Waals surface area contributed by atoms with Crippen LogP contribution in [0.1, 0.15) is 82.5 Å². The molecule has 0 spiro atoms. The van der Waals surface area contributed by atoms with Crippen LogP contribution in [0.2, 0.25) is 0 Å². The van der Waals surface area contributed by atoms with E-state index in [0.717, 1.165) is 63.0 Å². The van der Waals surface area contributed by atoms with E-state index in [-0.39, 0.29) is 24.4 Å². The van der Waals surface area contributed by atoms with Crippen molar-refractivity contribution in [2.24, 2.45) is 5.92 Å². The van der Waals surface area contributed by atoms with Crippen LogP contribution >= 0.6 is 0 Å². The Kier molecular flexibility index (Phi) is 9.31. The highest BCUT2D eigenvalue weighted by Crippen LogP contribution is 2.40. The lowest BCUT2D eigenvalue weighted by atomic mass is 9.94. The summed E-state index contributed by atoms with van der Waals surface area (Å²) in [6.07, 6.45) is -0.540. The third-order valence-corrected chi connectivity index (χ3v) is 7.93. The smallest absolute Gasteiger partial charge is 0.416 e. The first-order chi connectivity index (χ1) is 19.0. The van der Waals surface area contributed by atoms with Crippen molar-refractivity contribution in [1.82, 2.24) is 10.2 Å². The maximum atomic E-state index is 14.1. The number of carbonyl (C=O) groups excluding carboxylic acids is 2. The molecule has 1 fully saturated rings. The number of alkyl halides is 3. The molecule has 1 heterocycles. The van der Waals surface area contributed by atoms with Gasteiger partial charge in [-0.3, -0.25) is 9.59 Å². The van der Waals surface area contributed by atoms with Crippen molar-refractivity contribution in [3.05, 3.63) is 59.2 Å². The van der Waals surface area contributed by atoms with E-state index in [1.165, 1.54) is 11.0 Å². The standard InChI is InChI=1S/C31H40F3N3O3/c1-5-36(6-2)24-15-16-25-26(18-24)40-28(20(3)4)30(39)37(19-21-11-10-12-22(17-21)31(32,33)34)27(25)29(38)35-23-13-8-7-9-14-23/h10-12,15-18,20,23,27-28H,5-9,13-14,19H2,1-4H3,(H,35,38). The highest BCUT2D eigenvalue weighted by molar-refractivity contribution is 5.92. The molecule has 6 nitrogen and oxygen atoms in total. The summed E-state index contributed by atoms with van der Waals surface area (Å²) in [5.41, 5.74) is 0.949. The molecule has 9 heteroatoms. The fourth-order valence-electron chi connectivity index (χ4n) is 5.73. The molecule has 218 valence electrons. The van der Waals surface area contributed by atoms with Crippen molar-refractivity contribution in [1.29, 1.82) is 0 Å². The van der Waals surface area contributed by atoms with Gasteiger partial charge in [-0.1, -0.05) is 51.3 Å². The van der Waals surface area contributed by atoms with Crippen LogP contribution in [0.5, 0.6) is 5.75 Å². The van der Waals surface area contributed by atoms with E-state index in [4.69, 9.17) is 4.74 Å². The minimum absolute atomic E-state index is 0.00442. The SMILES string of the molecule is CCN(CC)c1ccc2c(c1)OC(C(C)C)C(=O)N(Cc1cccc(C(F)(F)F)c1)C2C(=O)NC1CCCCC1. The van der Waals surface area contributed by atoms with E-state index < -0.39 is 29.8 Å². The first kappa shape index (κ1) is 29.7. The Hall–Kier alpha value is -3.23. The Labute approximate surface area is 234 Å². The molecule has 2 atom stereocenters. The van der Waals surface area contributed by atoms with Crippen LogP contribution in [0.15, 0.2) is 42.5 Å². The van der Waals surface area contributed by atoms with Crippen LogP contribution in [-0.4, -0.2) is 41.9 Å². The van der Waals surface area contributed by atoms with E-state index in [9.17, 15) is 22.8 Å². The third kappa shape index (κ3) is 6.56. The highest BCUT2D eigenvalue weighted by atomic mass is 19.4. The molecular formula is C31H40F3N3O3. The van der Waals surface area contributed by atoms with E-state index in [1.807, 2.05) is 45.9 Å². The third-order valence-electron chi connectivity index (χ3n) is 7.93. The Morgan fingerprint density at radius 2 is 1.77 bits per heavy atom. The maximum absolute atomic E-state index is 14.1. The lowest BCUT2D eigenvalue weighted by Crippen LogP contribution is -2.49. The van der Waals surface area contributed by atoms with E-state index >= 15 is 0 Å². The summed E-state index contributed by atoms with van der Waals surface area (Å²) >= 11 is 0. The predicted molar refractivity (Wildman–Crippen MR) is 149 cm³/mol. The molecule has 4 rings (SSSR count). The van der Waals surface area contributed by atoms with Gasteiger partial charge in [-0.05, 0) is 56.4 Å². The number of hydrogen-bond acceptors (Lipinski definition) is 4. The number of amides is 2. The van der Waals surface area contributed by atoms with Gasteiger partial charge in [-0.15, -0.1) is 0 Å². The van der Waals surface area contributed by atoms with Gasteiger partial charge in [-0.2, -0.15) is 13.2 Å². The molecule has 0 bridgehead atoms. The van der Waals surface area contributed by atoms with Crippen molar-refractivity contribution in [2.75, 3.05) is 18.0 Å². The number of carbonyl (C=O) groups is 2. The summed E-state index contributed by atoms with van der Waals surface area (Å²) in [4.78, 5) is 31.6. The van der Waals surface area contributed by atoms with Crippen LogP contribution in [0.25, 0.3) is 0 Å². The number of benzene rings is 2. The second-order valence-corrected chi connectivity index (χ2v) is 11.1. The van der Waals surface area contributed by atoms with Gasteiger partial charge in [0.25, 0.3) is 5.91 Å². The molecular weight excluding hydrogens is 519 g/mol. The van der Waals surface area contributed by atoms with E-state index in [1.54, 1.807) is 6.07 Å². The van der Waals surface area contributed by atoms with Gasteiger partial charge in [-0.25, -0.2) is 0 Å². The number of ether oxygens (including phenoxy) is 1. The topological polar surface area (TPSA) is 61.9 Å². The van der Waals surface area contributed by atoms with Gasteiger partial charge >= 0.3 is 6.18 Å². The van der Waals surface area contributed by atoms with Crippen molar-refractivity contribution < 1.29 is 27.5 Å². The molecule has 0 aromatic heterocycles. The second kappa shape index (κ2) is 12.5. The van der Waals surface area contributed by atoms with Gasteiger partial charge in [0.2, 0.25) is 5.91 Å². The lowest BCUT2D eigenvalue weighted by Gasteiger charge is -2.33. The zero-order valence-corrected chi connectivity index (χ0v) is 23.8. The molecule has 1 aliphatic carbocycles. The number of rotatable bonds is 8. The summed E-state index contributed by atoms with van der Waals surface area (Å²) in [5.74, 6) is -0.540. The zero-order valence-electron chi connectivity index (χ0n) is 23.8. The highest BCUT2D eigenvalue weighted by Gasteiger charge is 2.43. The first-order valence-corrected chi connectivity index (χ1v) is 14.4. The minimum Gasteiger partial charge on any atom is -0.480 e. The number of nitrogens with zero attached hydrogens (tertiary/aromatic N) is 2. The van der Waals surface area contributed by atoms with E-state index in [2.05, 4.69) is 10.2 Å². The average Bonchev–Trinajstić information content (AvgIpc) is 3.04. The largest absolute Gasteiger partial charge is 0.480 e. The molecule has 0 radical (unpaired) electrons. The van der Waals surface area contributed by atoms with Crippen molar-refractivity contribution in [3.63, 3.8) is 0 Å². The van der Waals surface area contributed by atoms with Gasteiger partial charge in [0.05, 0.1) is 5.56 Å². The number of nitrogens with one attached hydrogen (secondary N) is 1.